The number of H-pyrrole nitrogens is 1. The molecule has 1 aromatic heterocycles. The predicted octanol–water partition coefficient (Wildman–Crippen LogP) is 1.59. The molecular formula is C12H12F2N4O. The number of morpholine rings is 1. The summed E-state index contributed by atoms with van der Waals surface area (Å²) in [7, 11) is 0. The summed E-state index contributed by atoms with van der Waals surface area (Å²) in [6.07, 6.45) is 0. The first kappa shape index (κ1) is 12.0. The van der Waals surface area contributed by atoms with Crippen molar-refractivity contribution >= 4 is 5.95 Å². The van der Waals surface area contributed by atoms with Crippen LogP contribution >= 0.6 is 0 Å². The van der Waals surface area contributed by atoms with Crippen molar-refractivity contribution in [3.05, 3.63) is 29.8 Å². The van der Waals surface area contributed by atoms with Crippen LogP contribution in [-0.2, 0) is 4.74 Å². The van der Waals surface area contributed by atoms with Crippen LogP contribution in [-0.4, -0.2) is 41.5 Å². The molecule has 0 amide bonds. The van der Waals surface area contributed by atoms with E-state index in [1.54, 1.807) is 0 Å². The summed E-state index contributed by atoms with van der Waals surface area (Å²) in [6, 6.07) is 3.25. The van der Waals surface area contributed by atoms with Crippen molar-refractivity contribution in [3.63, 3.8) is 0 Å². The highest BCUT2D eigenvalue weighted by Crippen LogP contribution is 2.20. The van der Waals surface area contributed by atoms with E-state index >= 15 is 0 Å². The molecule has 0 aliphatic carbocycles. The van der Waals surface area contributed by atoms with Gasteiger partial charge in [-0.2, -0.15) is 4.98 Å². The Balaban J connectivity index is 1.87. The molecule has 3 rings (SSSR count). The Labute approximate surface area is 108 Å². The van der Waals surface area contributed by atoms with Crippen molar-refractivity contribution in [1.82, 2.24) is 15.2 Å². The Morgan fingerprint density at radius 1 is 1.11 bits per heavy atom. The Bertz CT molecular complexity index is 561. The molecule has 0 bridgehead atoms. The molecule has 2 aromatic rings. The van der Waals surface area contributed by atoms with Crippen molar-refractivity contribution in [2.75, 3.05) is 31.2 Å². The summed E-state index contributed by atoms with van der Waals surface area (Å²) in [5.74, 6) is -0.415. The number of halogens is 2. The molecule has 0 radical (unpaired) electrons. The van der Waals surface area contributed by atoms with Crippen LogP contribution < -0.4 is 4.90 Å². The number of rotatable bonds is 2. The van der Waals surface area contributed by atoms with Crippen LogP contribution in [0.25, 0.3) is 11.4 Å². The van der Waals surface area contributed by atoms with Crippen LogP contribution in [0, 0.1) is 11.6 Å². The van der Waals surface area contributed by atoms with E-state index in [2.05, 4.69) is 15.2 Å². The van der Waals surface area contributed by atoms with E-state index in [1.807, 2.05) is 4.90 Å². The molecule has 1 aliphatic rings. The molecule has 0 unspecified atom stereocenters. The molecule has 1 fully saturated rings. The van der Waals surface area contributed by atoms with E-state index in [9.17, 15) is 8.78 Å². The maximum Gasteiger partial charge on any atom is 0.245 e. The summed E-state index contributed by atoms with van der Waals surface area (Å²) in [5.41, 5.74) is 0.338. The molecule has 1 aromatic carbocycles. The monoisotopic (exact) mass is 266 g/mol. The van der Waals surface area contributed by atoms with Gasteiger partial charge in [0.15, 0.2) is 5.82 Å². The van der Waals surface area contributed by atoms with E-state index < -0.39 is 11.6 Å². The highest BCUT2D eigenvalue weighted by molar-refractivity contribution is 5.56. The van der Waals surface area contributed by atoms with Gasteiger partial charge in [0.25, 0.3) is 0 Å². The lowest BCUT2D eigenvalue weighted by Crippen LogP contribution is -2.36. The largest absolute Gasteiger partial charge is 0.378 e. The van der Waals surface area contributed by atoms with Crippen LogP contribution in [0.1, 0.15) is 0 Å². The molecule has 0 atom stereocenters. The second kappa shape index (κ2) is 4.93. The Kier molecular flexibility index (Phi) is 3.12. The summed E-state index contributed by atoms with van der Waals surface area (Å²) in [4.78, 5) is 6.21. The van der Waals surface area contributed by atoms with Crippen molar-refractivity contribution in [2.24, 2.45) is 0 Å². The fourth-order valence-corrected chi connectivity index (χ4v) is 1.98. The number of nitrogens with zero attached hydrogens (tertiary/aromatic N) is 3. The summed E-state index contributed by atoms with van der Waals surface area (Å²) in [6.45, 7) is 2.65. The lowest BCUT2D eigenvalue weighted by molar-refractivity contribution is 0.122. The van der Waals surface area contributed by atoms with Crippen LogP contribution in [0.15, 0.2) is 18.2 Å². The van der Waals surface area contributed by atoms with Gasteiger partial charge in [0, 0.05) is 24.7 Å². The Hall–Kier alpha value is -2.02. The van der Waals surface area contributed by atoms with Crippen molar-refractivity contribution in [3.8, 4) is 11.4 Å². The van der Waals surface area contributed by atoms with Gasteiger partial charge in [0.1, 0.15) is 11.6 Å². The number of aromatic nitrogens is 3. The molecule has 2 heterocycles. The first-order chi connectivity index (χ1) is 9.22. The molecule has 1 N–H and O–H groups in total. The standard InChI is InChI=1S/C12H12F2N4O/c13-9-5-8(6-10(14)7-9)11-15-12(17-16-11)18-1-3-19-4-2-18/h5-7H,1-4H2,(H,15,16,17). The number of benzene rings is 1. The van der Waals surface area contributed by atoms with Crippen LogP contribution in [0.4, 0.5) is 14.7 Å². The SMILES string of the molecule is Fc1cc(F)cc(-c2nc(N3CCOCC3)n[nH]2)c1. The minimum Gasteiger partial charge on any atom is -0.378 e. The minimum absolute atomic E-state index is 0.338. The van der Waals surface area contributed by atoms with Crippen LogP contribution in [0.2, 0.25) is 0 Å². The van der Waals surface area contributed by atoms with E-state index in [4.69, 9.17) is 4.74 Å². The van der Waals surface area contributed by atoms with Crippen molar-refractivity contribution in [2.45, 2.75) is 0 Å². The molecule has 1 saturated heterocycles. The first-order valence-electron chi connectivity index (χ1n) is 5.94. The highest BCUT2D eigenvalue weighted by atomic mass is 19.1. The smallest absolute Gasteiger partial charge is 0.245 e. The zero-order chi connectivity index (χ0) is 13.2. The van der Waals surface area contributed by atoms with Gasteiger partial charge in [-0.3, -0.25) is 5.10 Å². The summed E-state index contributed by atoms with van der Waals surface area (Å²) in [5, 5.41) is 6.76. The summed E-state index contributed by atoms with van der Waals surface area (Å²) >= 11 is 0. The fourth-order valence-electron chi connectivity index (χ4n) is 1.98. The molecule has 0 spiro atoms. The molecular weight excluding hydrogens is 254 g/mol. The Morgan fingerprint density at radius 2 is 1.79 bits per heavy atom. The van der Waals surface area contributed by atoms with Crippen LogP contribution in [0.3, 0.4) is 0 Å². The number of hydrogen-bond acceptors (Lipinski definition) is 4. The van der Waals surface area contributed by atoms with Gasteiger partial charge in [-0.25, -0.2) is 8.78 Å². The van der Waals surface area contributed by atoms with E-state index in [0.717, 1.165) is 6.07 Å². The highest BCUT2D eigenvalue weighted by Gasteiger charge is 2.16. The predicted molar refractivity (Wildman–Crippen MR) is 64.8 cm³/mol. The van der Waals surface area contributed by atoms with Gasteiger partial charge in [-0.05, 0) is 12.1 Å². The zero-order valence-electron chi connectivity index (χ0n) is 10.1. The van der Waals surface area contributed by atoms with E-state index in [-0.39, 0.29) is 0 Å². The summed E-state index contributed by atoms with van der Waals surface area (Å²) < 4.78 is 31.5. The van der Waals surface area contributed by atoms with Gasteiger partial charge in [-0.15, -0.1) is 5.10 Å². The topological polar surface area (TPSA) is 54.0 Å². The third-order valence-corrected chi connectivity index (χ3v) is 2.90. The second-order valence-electron chi connectivity index (χ2n) is 4.24. The fraction of sp³-hybridized carbons (Fsp3) is 0.333. The van der Waals surface area contributed by atoms with Gasteiger partial charge in [-0.1, -0.05) is 0 Å². The number of hydrogen-bond donors (Lipinski definition) is 1. The minimum atomic E-state index is -0.640. The molecule has 1 aliphatic heterocycles. The molecule has 0 saturated carbocycles. The lowest BCUT2D eigenvalue weighted by Gasteiger charge is -2.25. The molecule has 7 heteroatoms. The number of aromatic amines is 1. The second-order valence-corrected chi connectivity index (χ2v) is 4.24. The maximum absolute atomic E-state index is 13.1. The lowest BCUT2D eigenvalue weighted by atomic mass is 10.2. The van der Waals surface area contributed by atoms with E-state index in [0.29, 0.717) is 43.6 Å². The number of anilines is 1. The zero-order valence-corrected chi connectivity index (χ0v) is 10.1. The van der Waals surface area contributed by atoms with Gasteiger partial charge >= 0.3 is 0 Å². The van der Waals surface area contributed by atoms with Crippen LogP contribution in [0.5, 0.6) is 0 Å². The number of ether oxygens (including phenoxy) is 1. The molecule has 5 nitrogen and oxygen atoms in total. The molecule has 100 valence electrons. The van der Waals surface area contributed by atoms with Crippen molar-refractivity contribution < 1.29 is 13.5 Å². The molecule has 19 heavy (non-hydrogen) atoms. The van der Waals surface area contributed by atoms with E-state index in [1.165, 1.54) is 12.1 Å². The average molecular weight is 266 g/mol. The van der Waals surface area contributed by atoms with Crippen molar-refractivity contribution in [1.29, 1.82) is 0 Å². The average Bonchev–Trinajstić information content (AvgIpc) is 2.88. The van der Waals surface area contributed by atoms with Gasteiger partial charge in [0.05, 0.1) is 13.2 Å². The third kappa shape index (κ3) is 2.55. The van der Waals surface area contributed by atoms with Gasteiger partial charge < -0.3 is 9.64 Å². The van der Waals surface area contributed by atoms with Gasteiger partial charge in [0.2, 0.25) is 5.95 Å². The Morgan fingerprint density at radius 3 is 2.47 bits per heavy atom. The first-order valence-corrected chi connectivity index (χ1v) is 5.94. The number of nitrogens with one attached hydrogen (secondary N) is 1. The normalized spacial score (nSPS) is 15.8. The quantitative estimate of drug-likeness (QED) is 0.896. The third-order valence-electron chi connectivity index (χ3n) is 2.90. The maximum atomic E-state index is 13.1.